The van der Waals surface area contributed by atoms with Crippen molar-refractivity contribution in [1.29, 1.82) is 0 Å². The molecule has 1 aliphatic carbocycles. The standard InChI is InChI=1S/C29H30N2O4/c1-4-35-21-12-9-18(10-13-21)29-28-24(30-22-7-5-6-8-23(22)31-29)15-20(16-25(28)32)19-11-14-26(33-2)27(17-19)34-3/h5-14,17,20,29-31H,4,15-16H2,1-3H3/t20-,29-/m0/s1. The molecular weight excluding hydrogens is 440 g/mol. The van der Waals surface area contributed by atoms with Gasteiger partial charge in [0, 0.05) is 17.7 Å². The van der Waals surface area contributed by atoms with Crippen molar-refractivity contribution in [3.05, 3.63) is 89.1 Å². The van der Waals surface area contributed by atoms with Crippen LogP contribution in [0.25, 0.3) is 0 Å². The molecule has 2 atom stereocenters. The van der Waals surface area contributed by atoms with Crippen molar-refractivity contribution >= 4 is 17.2 Å². The molecular formula is C29H30N2O4. The van der Waals surface area contributed by atoms with E-state index in [0.717, 1.165) is 45.9 Å². The summed E-state index contributed by atoms with van der Waals surface area (Å²) in [6.07, 6.45) is 1.15. The summed E-state index contributed by atoms with van der Waals surface area (Å²) in [5, 5.41) is 7.22. The molecule has 6 nitrogen and oxygen atoms in total. The Balaban J connectivity index is 1.55. The summed E-state index contributed by atoms with van der Waals surface area (Å²) in [6, 6.07) is 21.7. The number of carbonyl (C=O) groups excluding carboxylic acids is 1. The van der Waals surface area contributed by atoms with Crippen LogP contribution >= 0.6 is 0 Å². The average molecular weight is 471 g/mol. The number of ether oxygens (including phenoxy) is 3. The molecule has 1 heterocycles. The van der Waals surface area contributed by atoms with Crippen LogP contribution in [0, 0.1) is 0 Å². The molecule has 2 N–H and O–H groups in total. The fourth-order valence-corrected chi connectivity index (χ4v) is 5.01. The van der Waals surface area contributed by atoms with Gasteiger partial charge in [0.2, 0.25) is 0 Å². The van der Waals surface area contributed by atoms with Gasteiger partial charge in [0.05, 0.1) is 38.2 Å². The number of fused-ring (bicyclic) bond motifs is 1. The maximum absolute atomic E-state index is 13.7. The van der Waals surface area contributed by atoms with Gasteiger partial charge in [0.1, 0.15) is 5.75 Å². The highest BCUT2D eigenvalue weighted by Crippen LogP contribution is 2.45. The third kappa shape index (κ3) is 4.44. The van der Waals surface area contributed by atoms with Crippen molar-refractivity contribution in [3.8, 4) is 17.2 Å². The normalized spacial score (nSPS) is 19.0. The molecule has 0 spiro atoms. The van der Waals surface area contributed by atoms with E-state index in [1.165, 1.54) is 0 Å². The fraction of sp³-hybridized carbons (Fsp3) is 0.276. The number of benzene rings is 3. The molecule has 0 saturated carbocycles. The Hall–Kier alpha value is -3.93. The van der Waals surface area contributed by atoms with Crippen molar-refractivity contribution in [2.45, 2.75) is 31.7 Å². The SMILES string of the molecule is CCOc1ccc([C@@H]2Nc3ccccc3NC3=C2C(=O)C[C@@H](c2ccc(OC)c(OC)c2)C3)cc1. The number of anilines is 2. The molecule has 3 aromatic rings. The van der Waals surface area contributed by atoms with E-state index in [-0.39, 0.29) is 17.7 Å². The minimum atomic E-state index is -0.254. The van der Waals surface area contributed by atoms with Crippen molar-refractivity contribution in [2.24, 2.45) is 0 Å². The van der Waals surface area contributed by atoms with Gasteiger partial charge >= 0.3 is 0 Å². The lowest BCUT2D eigenvalue weighted by molar-refractivity contribution is -0.116. The minimum Gasteiger partial charge on any atom is -0.494 e. The van der Waals surface area contributed by atoms with Gasteiger partial charge in [0.15, 0.2) is 17.3 Å². The van der Waals surface area contributed by atoms with Gasteiger partial charge < -0.3 is 24.8 Å². The van der Waals surface area contributed by atoms with Crippen LogP contribution in [-0.4, -0.2) is 26.6 Å². The maximum atomic E-state index is 13.7. The van der Waals surface area contributed by atoms with Crippen molar-refractivity contribution in [3.63, 3.8) is 0 Å². The third-order valence-corrected chi connectivity index (χ3v) is 6.71. The zero-order valence-electron chi connectivity index (χ0n) is 20.3. The van der Waals surface area contributed by atoms with Gasteiger partial charge in [0.25, 0.3) is 0 Å². The number of carbonyl (C=O) groups is 1. The molecule has 0 aromatic heterocycles. The molecule has 2 aliphatic rings. The van der Waals surface area contributed by atoms with Gasteiger partial charge in [-0.2, -0.15) is 0 Å². The Bertz CT molecular complexity index is 1270. The molecule has 5 rings (SSSR count). The van der Waals surface area contributed by atoms with E-state index < -0.39 is 0 Å². The van der Waals surface area contributed by atoms with Crippen molar-refractivity contribution in [1.82, 2.24) is 0 Å². The van der Waals surface area contributed by atoms with Crippen LogP contribution in [0.3, 0.4) is 0 Å². The number of rotatable bonds is 6. The van der Waals surface area contributed by atoms with E-state index in [0.29, 0.717) is 24.5 Å². The smallest absolute Gasteiger partial charge is 0.163 e. The lowest BCUT2D eigenvalue weighted by atomic mass is 9.78. The molecule has 0 amide bonds. The summed E-state index contributed by atoms with van der Waals surface area (Å²) >= 11 is 0. The highest BCUT2D eigenvalue weighted by atomic mass is 16.5. The zero-order chi connectivity index (χ0) is 24.4. The van der Waals surface area contributed by atoms with Gasteiger partial charge in [-0.05, 0) is 66.8 Å². The molecule has 0 bridgehead atoms. The first kappa shape index (κ1) is 22.8. The van der Waals surface area contributed by atoms with E-state index in [1.807, 2.05) is 73.7 Å². The second-order valence-electron chi connectivity index (χ2n) is 8.78. The highest BCUT2D eigenvalue weighted by molar-refractivity contribution is 6.01. The van der Waals surface area contributed by atoms with Crippen LogP contribution in [0.1, 0.15) is 42.9 Å². The number of para-hydroxylation sites is 2. The number of allylic oxidation sites excluding steroid dienone is 1. The molecule has 0 unspecified atom stereocenters. The van der Waals surface area contributed by atoms with E-state index in [1.54, 1.807) is 14.2 Å². The summed E-state index contributed by atoms with van der Waals surface area (Å²) in [6.45, 7) is 2.58. The Morgan fingerprint density at radius 3 is 2.29 bits per heavy atom. The largest absolute Gasteiger partial charge is 0.494 e. The predicted octanol–water partition coefficient (Wildman–Crippen LogP) is 6.08. The maximum Gasteiger partial charge on any atom is 0.163 e. The summed E-state index contributed by atoms with van der Waals surface area (Å²) in [4.78, 5) is 13.7. The second-order valence-corrected chi connectivity index (χ2v) is 8.78. The van der Waals surface area contributed by atoms with Crippen LogP contribution in [0.4, 0.5) is 11.4 Å². The van der Waals surface area contributed by atoms with Gasteiger partial charge in [-0.3, -0.25) is 4.79 Å². The molecule has 0 saturated heterocycles. The summed E-state index contributed by atoms with van der Waals surface area (Å²) in [5.41, 5.74) is 5.77. The molecule has 0 radical (unpaired) electrons. The van der Waals surface area contributed by atoms with Crippen LogP contribution in [0.15, 0.2) is 78.0 Å². The number of nitrogens with one attached hydrogen (secondary N) is 2. The highest BCUT2D eigenvalue weighted by Gasteiger charge is 2.36. The number of Topliss-reactive ketones (excluding diaryl/α,β-unsaturated/α-hetero) is 1. The van der Waals surface area contributed by atoms with E-state index in [9.17, 15) is 4.79 Å². The fourth-order valence-electron chi connectivity index (χ4n) is 5.01. The topological polar surface area (TPSA) is 68.8 Å². The van der Waals surface area contributed by atoms with Gasteiger partial charge in [-0.1, -0.05) is 30.3 Å². The average Bonchev–Trinajstić information content (AvgIpc) is 3.06. The lowest BCUT2D eigenvalue weighted by Gasteiger charge is -2.30. The lowest BCUT2D eigenvalue weighted by Crippen LogP contribution is -2.26. The number of hydrogen-bond acceptors (Lipinski definition) is 6. The first-order chi connectivity index (χ1) is 17.1. The van der Waals surface area contributed by atoms with Gasteiger partial charge in [-0.15, -0.1) is 0 Å². The van der Waals surface area contributed by atoms with Crippen LogP contribution in [0.2, 0.25) is 0 Å². The van der Waals surface area contributed by atoms with Crippen LogP contribution < -0.4 is 24.8 Å². The van der Waals surface area contributed by atoms with E-state index in [2.05, 4.69) is 10.6 Å². The third-order valence-electron chi connectivity index (χ3n) is 6.71. The predicted molar refractivity (Wildman–Crippen MR) is 138 cm³/mol. The molecule has 6 heteroatoms. The second kappa shape index (κ2) is 9.74. The summed E-state index contributed by atoms with van der Waals surface area (Å²) in [7, 11) is 3.25. The Labute approximate surface area is 205 Å². The molecule has 1 aliphatic heterocycles. The summed E-state index contributed by atoms with van der Waals surface area (Å²) < 4.78 is 16.5. The number of ketones is 1. The number of hydrogen-bond donors (Lipinski definition) is 2. The number of methoxy groups -OCH3 is 2. The molecule has 180 valence electrons. The van der Waals surface area contributed by atoms with Gasteiger partial charge in [-0.25, -0.2) is 0 Å². The van der Waals surface area contributed by atoms with E-state index in [4.69, 9.17) is 14.2 Å². The Kier molecular flexibility index (Phi) is 6.36. The zero-order valence-corrected chi connectivity index (χ0v) is 20.3. The molecule has 0 fully saturated rings. The minimum absolute atomic E-state index is 0.0415. The monoisotopic (exact) mass is 470 g/mol. The Morgan fingerprint density at radius 2 is 1.57 bits per heavy atom. The van der Waals surface area contributed by atoms with Crippen molar-refractivity contribution in [2.75, 3.05) is 31.5 Å². The summed E-state index contributed by atoms with van der Waals surface area (Å²) in [5.74, 6) is 2.35. The van der Waals surface area contributed by atoms with Crippen LogP contribution in [0.5, 0.6) is 17.2 Å². The first-order valence-electron chi connectivity index (χ1n) is 11.9. The van der Waals surface area contributed by atoms with Crippen LogP contribution in [-0.2, 0) is 4.79 Å². The van der Waals surface area contributed by atoms with E-state index >= 15 is 0 Å². The molecule has 3 aromatic carbocycles. The quantitative estimate of drug-likeness (QED) is 0.455. The molecule has 35 heavy (non-hydrogen) atoms. The first-order valence-corrected chi connectivity index (χ1v) is 11.9. The Morgan fingerprint density at radius 1 is 0.857 bits per heavy atom. The van der Waals surface area contributed by atoms with Crippen molar-refractivity contribution < 1.29 is 19.0 Å².